The highest BCUT2D eigenvalue weighted by Crippen LogP contribution is 2.30. The molecular formula is C87H151NO13. The molecule has 12 atom stereocenters. The van der Waals surface area contributed by atoms with E-state index in [1.165, 1.54) is 167 Å². The van der Waals surface area contributed by atoms with Gasteiger partial charge in [-0.15, -0.1) is 0 Å². The minimum absolute atomic E-state index is 0.222. The zero-order valence-corrected chi connectivity index (χ0v) is 63.9. The minimum atomic E-state index is -1.79. The van der Waals surface area contributed by atoms with Crippen molar-refractivity contribution in [3.63, 3.8) is 0 Å². The number of nitrogens with one attached hydrogen (secondary N) is 1. The van der Waals surface area contributed by atoms with E-state index in [1.807, 2.05) is 0 Å². The average Bonchev–Trinajstić information content (AvgIpc) is 0.792. The summed E-state index contributed by atoms with van der Waals surface area (Å²) < 4.78 is 23.0. The van der Waals surface area contributed by atoms with Crippen LogP contribution in [0.4, 0.5) is 0 Å². The molecule has 2 heterocycles. The van der Waals surface area contributed by atoms with Gasteiger partial charge in [0.15, 0.2) is 12.6 Å². The van der Waals surface area contributed by atoms with Crippen molar-refractivity contribution in [1.82, 2.24) is 5.32 Å². The molecule has 101 heavy (non-hydrogen) atoms. The molecule has 2 aliphatic rings. The molecule has 12 unspecified atom stereocenters. The Kier molecular flexibility index (Phi) is 64.3. The molecule has 0 bridgehead atoms. The highest BCUT2D eigenvalue weighted by Gasteiger charge is 2.51. The van der Waals surface area contributed by atoms with Crippen molar-refractivity contribution in [2.45, 2.75) is 402 Å². The Bertz CT molecular complexity index is 2170. The fourth-order valence-corrected chi connectivity index (χ4v) is 13.0. The lowest BCUT2D eigenvalue weighted by Gasteiger charge is -2.46. The summed E-state index contributed by atoms with van der Waals surface area (Å²) in [6.07, 6.45) is 85.2. The van der Waals surface area contributed by atoms with Gasteiger partial charge in [0.2, 0.25) is 5.91 Å². The van der Waals surface area contributed by atoms with Crippen molar-refractivity contribution in [1.29, 1.82) is 0 Å². The molecule has 2 rings (SSSR count). The zero-order chi connectivity index (χ0) is 73.0. The third-order valence-corrected chi connectivity index (χ3v) is 19.4. The van der Waals surface area contributed by atoms with Gasteiger partial charge in [0.1, 0.15) is 48.8 Å². The Morgan fingerprint density at radius 3 is 1.05 bits per heavy atom. The number of hydrogen-bond acceptors (Lipinski definition) is 13. The summed E-state index contributed by atoms with van der Waals surface area (Å²) in [6.45, 7) is 2.77. The number of ether oxygens (including phenoxy) is 4. The standard InChI is InChI=1S/C87H151NO13/c1-3-5-7-9-11-13-15-17-19-21-23-25-27-29-31-33-35-36-37-38-39-40-41-43-45-47-49-51-53-55-57-59-61-63-65-67-69-71-79(92)88-75(74-98-86-84(97)82(95)85(78(73-90)100-86)101-87-83(96)81(94)80(93)77(72-89)99-87)76(91)70-68-66-64-62-60-58-56-54-52-50-48-46-44-42-34-32-30-28-26-24-22-20-18-16-14-12-10-8-6-4-2/h5,7,11,13,17,19,23,25,29,31,35-36,38-39,41,43,47,49,53,55,75-78,80-87,89-91,93-97H,3-4,6,8-10,12,14-16,18,20-22,24,26-28,30,32-34,37,40,42,44-46,48,50-52,54,56-74H2,1-2H3,(H,88,92)/b7-5-,13-11-,19-17-,25-23-,31-29-,36-35-,39-38-,43-41-,49-47-,55-53-. The molecule has 0 aliphatic carbocycles. The lowest BCUT2D eigenvalue weighted by molar-refractivity contribution is -0.359. The normalized spacial score (nSPS) is 22.4. The van der Waals surface area contributed by atoms with Crippen molar-refractivity contribution in [2.24, 2.45) is 0 Å². The van der Waals surface area contributed by atoms with Gasteiger partial charge in [-0.05, 0) is 89.9 Å². The number of carbonyl (C=O) groups excluding carboxylic acids is 1. The Labute approximate surface area is 616 Å². The van der Waals surface area contributed by atoms with Crippen LogP contribution in [0.15, 0.2) is 122 Å². The van der Waals surface area contributed by atoms with Crippen molar-refractivity contribution >= 4 is 5.91 Å². The third-order valence-electron chi connectivity index (χ3n) is 19.4. The van der Waals surface area contributed by atoms with Crippen LogP contribution in [0.3, 0.4) is 0 Å². The SMILES string of the molecule is CC/C=C\C/C=C\C/C=C\C/C=C\C/C=C\C/C=C\C/C=C\C/C=C\C/C=C\C/C=C\CCCCCCCCC(=O)NC(COC1OC(CO)C(OC2OC(CO)C(O)C(O)C2O)C(O)C1O)C(O)CCCCCCCCCCCCCCCCCCCCCCCCCCCCCCCC. The molecular weight excluding hydrogens is 1270 g/mol. The maximum atomic E-state index is 13.4. The van der Waals surface area contributed by atoms with Crippen molar-refractivity contribution < 1.29 is 64.6 Å². The van der Waals surface area contributed by atoms with Gasteiger partial charge < -0.3 is 65.1 Å². The lowest BCUT2D eigenvalue weighted by atomic mass is 9.97. The topological polar surface area (TPSA) is 228 Å². The second-order valence-electron chi connectivity index (χ2n) is 28.5. The van der Waals surface area contributed by atoms with Gasteiger partial charge in [0.05, 0.1) is 32.0 Å². The summed E-state index contributed by atoms with van der Waals surface area (Å²) in [4.78, 5) is 13.4. The number of amides is 1. The summed E-state index contributed by atoms with van der Waals surface area (Å²) >= 11 is 0. The van der Waals surface area contributed by atoms with Gasteiger partial charge >= 0.3 is 0 Å². The van der Waals surface area contributed by atoms with E-state index in [9.17, 15) is 45.6 Å². The highest BCUT2D eigenvalue weighted by atomic mass is 16.7. The van der Waals surface area contributed by atoms with E-state index < -0.39 is 86.8 Å². The maximum Gasteiger partial charge on any atom is 0.220 e. The largest absolute Gasteiger partial charge is 0.394 e. The van der Waals surface area contributed by atoms with E-state index in [4.69, 9.17) is 18.9 Å². The van der Waals surface area contributed by atoms with Gasteiger partial charge in [0.25, 0.3) is 0 Å². The third kappa shape index (κ3) is 52.1. The van der Waals surface area contributed by atoms with E-state index in [-0.39, 0.29) is 18.9 Å². The molecule has 582 valence electrons. The summed E-state index contributed by atoms with van der Waals surface area (Å²) in [6, 6.07) is -0.848. The first kappa shape index (κ1) is 93.5. The molecule has 0 saturated carbocycles. The van der Waals surface area contributed by atoms with E-state index >= 15 is 0 Å². The second kappa shape index (κ2) is 69.4. The van der Waals surface area contributed by atoms with Gasteiger partial charge in [0, 0.05) is 6.42 Å². The minimum Gasteiger partial charge on any atom is -0.394 e. The summed E-state index contributed by atoms with van der Waals surface area (Å²) in [7, 11) is 0. The summed E-state index contributed by atoms with van der Waals surface area (Å²) in [5.41, 5.74) is 0. The Morgan fingerprint density at radius 1 is 0.366 bits per heavy atom. The Balaban J connectivity index is 1.63. The highest BCUT2D eigenvalue weighted by molar-refractivity contribution is 5.76. The van der Waals surface area contributed by atoms with Crippen LogP contribution in [0.25, 0.3) is 0 Å². The average molecular weight is 1420 g/mol. The van der Waals surface area contributed by atoms with E-state index in [0.717, 1.165) is 128 Å². The Morgan fingerprint density at radius 2 is 0.683 bits per heavy atom. The van der Waals surface area contributed by atoms with Crippen molar-refractivity contribution in [2.75, 3.05) is 19.8 Å². The molecule has 2 fully saturated rings. The van der Waals surface area contributed by atoms with Gasteiger partial charge in [-0.25, -0.2) is 0 Å². The van der Waals surface area contributed by atoms with Crippen LogP contribution < -0.4 is 5.32 Å². The molecule has 2 saturated heterocycles. The molecule has 14 nitrogen and oxygen atoms in total. The molecule has 0 aromatic heterocycles. The van der Waals surface area contributed by atoms with Crippen LogP contribution >= 0.6 is 0 Å². The summed E-state index contributed by atoms with van der Waals surface area (Å²) in [5, 5.41) is 87.9. The van der Waals surface area contributed by atoms with Gasteiger partial charge in [-0.1, -0.05) is 354 Å². The van der Waals surface area contributed by atoms with Crippen LogP contribution in [0.1, 0.15) is 328 Å². The fourth-order valence-electron chi connectivity index (χ4n) is 13.0. The summed E-state index contributed by atoms with van der Waals surface area (Å²) in [5.74, 6) is -0.222. The van der Waals surface area contributed by atoms with Crippen molar-refractivity contribution in [3.8, 4) is 0 Å². The van der Waals surface area contributed by atoms with Crippen LogP contribution in [0, 0.1) is 0 Å². The van der Waals surface area contributed by atoms with Crippen molar-refractivity contribution in [3.05, 3.63) is 122 Å². The monoisotopic (exact) mass is 1420 g/mol. The molecule has 2 aliphatic heterocycles. The van der Waals surface area contributed by atoms with E-state index in [2.05, 4.69) is 141 Å². The fraction of sp³-hybridized carbons (Fsp3) is 0.759. The quantitative estimate of drug-likeness (QED) is 0.0204. The molecule has 0 aromatic rings. The maximum absolute atomic E-state index is 13.4. The van der Waals surface area contributed by atoms with Crippen LogP contribution in [0.5, 0.6) is 0 Å². The number of carbonyl (C=O) groups is 1. The van der Waals surface area contributed by atoms with E-state index in [1.54, 1.807) is 0 Å². The lowest BCUT2D eigenvalue weighted by Crippen LogP contribution is -2.65. The van der Waals surface area contributed by atoms with Crippen LogP contribution in [0.2, 0.25) is 0 Å². The number of hydrogen-bond donors (Lipinski definition) is 9. The molecule has 14 heteroatoms. The number of aliphatic hydroxyl groups excluding tert-OH is 8. The number of aliphatic hydroxyl groups is 8. The first-order chi connectivity index (χ1) is 49.6. The first-order valence-corrected chi connectivity index (χ1v) is 41.3. The molecule has 9 N–H and O–H groups in total. The smallest absolute Gasteiger partial charge is 0.220 e. The first-order valence-electron chi connectivity index (χ1n) is 41.3. The number of unbranched alkanes of at least 4 members (excludes halogenated alkanes) is 35. The second-order valence-corrected chi connectivity index (χ2v) is 28.5. The van der Waals surface area contributed by atoms with Crippen LogP contribution in [-0.2, 0) is 23.7 Å². The molecule has 0 radical (unpaired) electrons. The molecule has 0 aromatic carbocycles. The zero-order valence-electron chi connectivity index (χ0n) is 63.9. The number of rotatable bonds is 68. The molecule has 1 amide bonds. The van der Waals surface area contributed by atoms with Crippen LogP contribution in [-0.4, -0.2) is 140 Å². The molecule has 0 spiro atoms. The Hall–Kier alpha value is -3.61. The van der Waals surface area contributed by atoms with E-state index in [0.29, 0.717) is 12.8 Å². The predicted octanol–water partition coefficient (Wildman–Crippen LogP) is 19.2. The predicted molar refractivity (Wildman–Crippen MR) is 419 cm³/mol. The number of allylic oxidation sites excluding steroid dienone is 20. The van der Waals surface area contributed by atoms with Gasteiger partial charge in [-0.3, -0.25) is 4.79 Å². The van der Waals surface area contributed by atoms with Gasteiger partial charge in [-0.2, -0.15) is 0 Å².